The Hall–Kier alpha value is -2.25. The summed E-state index contributed by atoms with van der Waals surface area (Å²) in [7, 11) is 0. The third-order valence-electron chi connectivity index (χ3n) is 5.90. The predicted molar refractivity (Wildman–Crippen MR) is 153 cm³/mol. The van der Waals surface area contributed by atoms with Crippen LogP contribution in [0, 0.1) is 21.0 Å². The molecule has 1 heterocycles. The van der Waals surface area contributed by atoms with Gasteiger partial charge in [-0.1, -0.05) is 84.9 Å². The summed E-state index contributed by atoms with van der Waals surface area (Å²) in [6.45, 7) is 4.39. The molecule has 3 heteroatoms. The fourth-order valence-electron chi connectivity index (χ4n) is 4.26. The van der Waals surface area contributed by atoms with E-state index < -0.39 is 0 Å². The van der Waals surface area contributed by atoms with Gasteiger partial charge in [0, 0.05) is 23.7 Å². The maximum Gasteiger partial charge on any atom is 0.0849 e. The fourth-order valence-corrected chi connectivity index (χ4v) is 5.70. The molecule has 0 amide bonds. The second kappa shape index (κ2) is 8.94. The van der Waals surface area contributed by atoms with E-state index in [0.29, 0.717) is 0 Å². The highest BCUT2D eigenvalue weighted by Crippen LogP contribution is 2.41. The molecular weight excluding hydrogens is 616 g/mol. The number of hydrogen-bond donors (Lipinski definition) is 0. The van der Waals surface area contributed by atoms with Crippen LogP contribution in [0.1, 0.15) is 11.1 Å². The third kappa shape index (κ3) is 3.86. The van der Waals surface area contributed by atoms with Crippen LogP contribution in [0.3, 0.4) is 0 Å². The third-order valence-corrected chi connectivity index (χ3v) is 8.61. The lowest BCUT2D eigenvalue weighted by atomic mass is 9.94. The normalized spacial score (nSPS) is 11.1. The first-order valence-corrected chi connectivity index (χ1v) is 12.7. The average Bonchev–Trinajstić information content (AvgIpc) is 2.84. The van der Waals surface area contributed by atoms with Gasteiger partial charge in [0.2, 0.25) is 0 Å². The van der Waals surface area contributed by atoms with Crippen LogP contribution in [0.25, 0.3) is 44.4 Å². The van der Waals surface area contributed by atoms with E-state index in [4.69, 9.17) is 4.98 Å². The second-order valence-electron chi connectivity index (χ2n) is 7.99. The maximum atomic E-state index is 5.19. The van der Waals surface area contributed by atoms with Crippen molar-refractivity contribution in [2.75, 3.05) is 0 Å². The smallest absolute Gasteiger partial charge is 0.0849 e. The molecule has 0 atom stereocenters. The molecule has 0 bridgehead atoms. The number of aryl methyl sites for hydroxylation is 2. The van der Waals surface area contributed by atoms with Crippen LogP contribution in [0.5, 0.6) is 0 Å². The van der Waals surface area contributed by atoms with Crippen LogP contribution in [0.15, 0.2) is 91.0 Å². The maximum absolute atomic E-state index is 5.19. The van der Waals surface area contributed by atoms with Gasteiger partial charge in [-0.25, -0.2) is 4.98 Å². The van der Waals surface area contributed by atoms with Gasteiger partial charge >= 0.3 is 0 Å². The van der Waals surface area contributed by atoms with E-state index >= 15 is 0 Å². The highest BCUT2D eigenvalue weighted by atomic mass is 127. The fraction of sp³-hybridized carbons (Fsp3) is 0.0690. The average molecular weight is 637 g/mol. The van der Waals surface area contributed by atoms with Crippen molar-refractivity contribution in [3.63, 3.8) is 0 Å². The molecule has 5 aromatic rings. The van der Waals surface area contributed by atoms with Crippen LogP contribution in [-0.4, -0.2) is 4.98 Å². The van der Waals surface area contributed by atoms with Crippen molar-refractivity contribution in [1.82, 2.24) is 4.98 Å². The molecule has 0 aliphatic carbocycles. The summed E-state index contributed by atoms with van der Waals surface area (Å²) in [6, 6.07) is 32.2. The number of pyridine rings is 1. The van der Waals surface area contributed by atoms with Gasteiger partial charge in [-0.2, -0.15) is 0 Å². The minimum Gasteiger partial charge on any atom is -0.247 e. The van der Waals surface area contributed by atoms with E-state index in [0.717, 1.165) is 16.8 Å². The SMILES string of the molecule is Cc1cc2nc(-c3ccc(-c4ccccc4)cc3)c(I)c(-c3ccccc3)c2c(C)c1I. The molecule has 32 heavy (non-hydrogen) atoms. The minimum atomic E-state index is 1.04. The molecule has 1 aromatic heterocycles. The van der Waals surface area contributed by atoms with Crippen molar-refractivity contribution in [1.29, 1.82) is 0 Å². The summed E-state index contributed by atoms with van der Waals surface area (Å²) in [6.07, 6.45) is 0. The topological polar surface area (TPSA) is 12.9 Å². The molecule has 5 rings (SSSR count). The predicted octanol–water partition coefficient (Wildman–Crippen LogP) is 9.06. The lowest BCUT2D eigenvalue weighted by molar-refractivity contribution is 1.32. The van der Waals surface area contributed by atoms with Gasteiger partial charge in [0.1, 0.15) is 0 Å². The van der Waals surface area contributed by atoms with Gasteiger partial charge in [-0.3, -0.25) is 0 Å². The molecule has 1 nitrogen and oxygen atoms in total. The zero-order valence-electron chi connectivity index (χ0n) is 17.9. The molecule has 4 aromatic carbocycles. The monoisotopic (exact) mass is 637 g/mol. The van der Waals surface area contributed by atoms with Gasteiger partial charge in [0.15, 0.2) is 0 Å². The molecule has 0 N–H and O–H groups in total. The first kappa shape index (κ1) is 21.6. The van der Waals surface area contributed by atoms with Crippen molar-refractivity contribution < 1.29 is 0 Å². The van der Waals surface area contributed by atoms with Crippen LogP contribution in [0.2, 0.25) is 0 Å². The standard InChI is InChI=1S/C29H21I2N/c1-18-17-24-25(19(2)27(18)30)26(22-11-7-4-8-12-22)28(31)29(32-24)23-15-13-21(14-16-23)20-9-5-3-6-10-20/h3-17H,1-2H3. The van der Waals surface area contributed by atoms with E-state index in [1.54, 1.807) is 0 Å². The highest BCUT2D eigenvalue weighted by Gasteiger charge is 2.19. The Morgan fingerprint density at radius 1 is 0.594 bits per heavy atom. The van der Waals surface area contributed by atoms with E-state index in [1.165, 1.54) is 45.9 Å². The molecule has 156 valence electrons. The lowest BCUT2D eigenvalue weighted by Crippen LogP contribution is -1.99. The molecule has 0 spiro atoms. The van der Waals surface area contributed by atoms with Gasteiger partial charge in [0.05, 0.1) is 11.2 Å². The Balaban J connectivity index is 1.76. The molecule has 0 radical (unpaired) electrons. The van der Waals surface area contributed by atoms with Crippen LogP contribution >= 0.6 is 45.2 Å². The van der Waals surface area contributed by atoms with Gasteiger partial charge < -0.3 is 0 Å². The molecular formula is C29H21I2N. The first-order chi connectivity index (χ1) is 15.5. The molecule has 0 aliphatic heterocycles. The number of halogens is 2. The summed E-state index contributed by atoms with van der Waals surface area (Å²) in [5, 5.41) is 1.25. The van der Waals surface area contributed by atoms with E-state index in [-0.39, 0.29) is 0 Å². The summed E-state index contributed by atoms with van der Waals surface area (Å²) in [5.41, 5.74) is 10.8. The number of fused-ring (bicyclic) bond motifs is 1. The highest BCUT2D eigenvalue weighted by molar-refractivity contribution is 14.1. The van der Waals surface area contributed by atoms with Gasteiger partial charge in [-0.05, 0) is 92.9 Å². The van der Waals surface area contributed by atoms with Crippen molar-refractivity contribution >= 4 is 56.1 Å². The number of nitrogens with zero attached hydrogens (tertiary/aromatic N) is 1. The molecule has 0 aliphatic rings. The van der Waals surface area contributed by atoms with Gasteiger partial charge in [0.25, 0.3) is 0 Å². The van der Waals surface area contributed by atoms with Crippen LogP contribution in [0.4, 0.5) is 0 Å². The molecule has 0 saturated heterocycles. The van der Waals surface area contributed by atoms with Crippen molar-refractivity contribution in [2.45, 2.75) is 13.8 Å². The zero-order valence-corrected chi connectivity index (χ0v) is 22.2. The Morgan fingerprint density at radius 3 is 1.75 bits per heavy atom. The van der Waals surface area contributed by atoms with Gasteiger partial charge in [-0.15, -0.1) is 0 Å². The zero-order chi connectivity index (χ0) is 22.2. The van der Waals surface area contributed by atoms with Crippen LogP contribution in [-0.2, 0) is 0 Å². The summed E-state index contributed by atoms with van der Waals surface area (Å²) >= 11 is 4.95. The lowest BCUT2D eigenvalue weighted by Gasteiger charge is -2.18. The van der Waals surface area contributed by atoms with E-state index in [2.05, 4.69) is 150 Å². The Morgan fingerprint density at radius 2 is 1.12 bits per heavy atom. The Labute approximate surface area is 216 Å². The summed E-state index contributed by atoms with van der Waals surface area (Å²) in [5.74, 6) is 0. The van der Waals surface area contributed by atoms with Crippen molar-refractivity contribution in [3.05, 3.63) is 109 Å². The number of benzene rings is 4. The molecule has 0 unspecified atom stereocenters. The Bertz CT molecular complexity index is 1420. The quantitative estimate of drug-likeness (QED) is 0.180. The number of rotatable bonds is 3. The van der Waals surface area contributed by atoms with Crippen molar-refractivity contribution in [2.24, 2.45) is 0 Å². The number of hydrogen-bond acceptors (Lipinski definition) is 1. The Kier molecular flexibility index (Phi) is 6.03. The van der Waals surface area contributed by atoms with Crippen LogP contribution < -0.4 is 0 Å². The first-order valence-electron chi connectivity index (χ1n) is 10.5. The summed E-state index contributed by atoms with van der Waals surface area (Å²) < 4.78 is 2.50. The van der Waals surface area contributed by atoms with E-state index in [1.807, 2.05) is 0 Å². The molecule has 0 fully saturated rings. The summed E-state index contributed by atoms with van der Waals surface area (Å²) in [4.78, 5) is 5.19. The molecule has 0 saturated carbocycles. The largest absolute Gasteiger partial charge is 0.247 e. The number of aromatic nitrogens is 1. The second-order valence-corrected chi connectivity index (χ2v) is 10.1. The van der Waals surface area contributed by atoms with E-state index in [9.17, 15) is 0 Å². The van der Waals surface area contributed by atoms with Crippen molar-refractivity contribution in [3.8, 4) is 33.5 Å². The minimum absolute atomic E-state index is 1.04.